The van der Waals surface area contributed by atoms with E-state index in [1.54, 1.807) is 5.38 Å². The quantitative estimate of drug-likeness (QED) is 0.723. The number of hydrogen-bond donors (Lipinski definition) is 1. The van der Waals surface area contributed by atoms with Crippen LogP contribution in [0.2, 0.25) is 0 Å². The van der Waals surface area contributed by atoms with E-state index in [0.29, 0.717) is 5.69 Å². The third kappa shape index (κ3) is 3.46. The van der Waals surface area contributed by atoms with Crippen molar-refractivity contribution < 1.29 is 4.79 Å². The standard InChI is InChI=1S/C19H19N3OS/c1-3-22(15-10-5-4-6-11-15)19-21-17(13-24-19)18(23)20-16-12-8-7-9-14(16)2/h4-13H,3H2,1-2H3,(H,20,23). The summed E-state index contributed by atoms with van der Waals surface area (Å²) in [6.07, 6.45) is 0. The number of benzene rings is 2. The van der Waals surface area contributed by atoms with Crippen molar-refractivity contribution in [3.8, 4) is 0 Å². The van der Waals surface area contributed by atoms with Crippen LogP contribution in [0, 0.1) is 6.92 Å². The lowest BCUT2D eigenvalue weighted by Crippen LogP contribution is -2.17. The van der Waals surface area contributed by atoms with Crippen LogP contribution in [0.25, 0.3) is 0 Å². The lowest BCUT2D eigenvalue weighted by molar-refractivity contribution is 0.102. The second-order valence-electron chi connectivity index (χ2n) is 5.36. The number of para-hydroxylation sites is 2. The van der Waals surface area contributed by atoms with E-state index in [2.05, 4.69) is 22.1 Å². The second kappa shape index (κ2) is 7.27. The van der Waals surface area contributed by atoms with Gasteiger partial charge in [-0.1, -0.05) is 36.4 Å². The molecule has 3 rings (SSSR count). The molecule has 122 valence electrons. The molecule has 1 N–H and O–H groups in total. The van der Waals surface area contributed by atoms with Crippen molar-refractivity contribution in [2.45, 2.75) is 13.8 Å². The van der Waals surface area contributed by atoms with Gasteiger partial charge in [0.15, 0.2) is 5.13 Å². The Balaban J connectivity index is 1.80. The maximum absolute atomic E-state index is 12.4. The van der Waals surface area contributed by atoms with Crippen molar-refractivity contribution in [2.75, 3.05) is 16.8 Å². The molecule has 0 fully saturated rings. The fourth-order valence-corrected chi connectivity index (χ4v) is 3.32. The van der Waals surface area contributed by atoms with E-state index < -0.39 is 0 Å². The molecule has 1 heterocycles. The largest absolute Gasteiger partial charge is 0.320 e. The zero-order chi connectivity index (χ0) is 16.9. The monoisotopic (exact) mass is 337 g/mol. The lowest BCUT2D eigenvalue weighted by Gasteiger charge is -2.19. The van der Waals surface area contributed by atoms with Gasteiger partial charge in [-0.25, -0.2) is 4.98 Å². The minimum atomic E-state index is -0.184. The highest BCUT2D eigenvalue weighted by Gasteiger charge is 2.16. The van der Waals surface area contributed by atoms with Gasteiger partial charge in [0.1, 0.15) is 5.69 Å². The van der Waals surface area contributed by atoms with Crippen LogP contribution in [-0.4, -0.2) is 17.4 Å². The molecule has 1 amide bonds. The highest BCUT2D eigenvalue weighted by molar-refractivity contribution is 7.14. The number of carbonyl (C=O) groups excluding carboxylic acids is 1. The molecule has 0 radical (unpaired) electrons. The molecule has 0 bridgehead atoms. The maximum Gasteiger partial charge on any atom is 0.275 e. The van der Waals surface area contributed by atoms with Crippen LogP contribution in [-0.2, 0) is 0 Å². The summed E-state index contributed by atoms with van der Waals surface area (Å²) < 4.78 is 0. The van der Waals surface area contributed by atoms with Crippen LogP contribution in [0.3, 0.4) is 0 Å². The van der Waals surface area contributed by atoms with Gasteiger partial charge in [-0.3, -0.25) is 4.79 Å². The first-order chi connectivity index (χ1) is 11.7. The summed E-state index contributed by atoms with van der Waals surface area (Å²) in [6, 6.07) is 17.8. The zero-order valence-corrected chi connectivity index (χ0v) is 14.5. The topological polar surface area (TPSA) is 45.2 Å². The summed E-state index contributed by atoms with van der Waals surface area (Å²) >= 11 is 1.47. The van der Waals surface area contributed by atoms with Crippen molar-refractivity contribution in [1.82, 2.24) is 4.98 Å². The Labute approximate surface area is 145 Å². The number of thiazole rings is 1. The average Bonchev–Trinajstić information content (AvgIpc) is 3.08. The zero-order valence-electron chi connectivity index (χ0n) is 13.7. The Kier molecular flexibility index (Phi) is 4.91. The number of nitrogens with zero attached hydrogens (tertiary/aromatic N) is 2. The third-order valence-electron chi connectivity index (χ3n) is 3.73. The van der Waals surface area contributed by atoms with E-state index in [9.17, 15) is 4.79 Å². The molecule has 24 heavy (non-hydrogen) atoms. The third-order valence-corrected chi connectivity index (χ3v) is 4.60. The fourth-order valence-electron chi connectivity index (χ4n) is 2.43. The van der Waals surface area contributed by atoms with Crippen LogP contribution in [0.1, 0.15) is 23.0 Å². The van der Waals surface area contributed by atoms with Crippen molar-refractivity contribution in [3.05, 3.63) is 71.2 Å². The minimum Gasteiger partial charge on any atom is -0.320 e. The van der Waals surface area contributed by atoms with Gasteiger partial charge in [-0.2, -0.15) is 0 Å². The normalized spacial score (nSPS) is 10.4. The number of aryl methyl sites for hydroxylation is 1. The fraction of sp³-hybridized carbons (Fsp3) is 0.158. The Hall–Kier alpha value is -2.66. The molecule has 4 nitrogen and oxygen atoms in total. The van der Waals surface area contributed by atoms with Crippen molar-refractivity contribution >= 4 is 33.8 Å². The average molecular weight is 337 g/mol. The Morgan fingerprint density at radius 2 is 1.83 bits per heavy atom. The number of carbonyl (C=O) groups is 1. The van der Waals surface area contributed by atoms with Gasteiger partial charge >= 0.3 is 0 Å². The number of anilines is 3. The van der Waals surface area contributed by atoms with E-state index >= 15 is 0 Å². The highest BCUT2D eigenvalue weighted by atomic mass is 32.1. The number of rotatable bonds is 5. The van der Waals surface area contributed by atoms with Gasteiger partial charge in [-0.15, -0.1) is 11.3 Å². The lowest BCUT2D eigenvalue weighted by atomic mass is 10.2. The van der Waals surface area contributed by atoms with Crippen molar-refractivity contribution in [2.24, 2.45) is 0 Å². The van der Waals surface area contributed by atoms with Gasteiger partial charge < -0.3 is 10.2 Å². The number of aromatic nitrogens is 1. The van der Waals surface area contributed by atoms with Crippen molar-refractivity contribution in [3.63, 3.8) is 0 Å². The van der Waals surface area contributed by atoms with Crippen LogP contribution < -0.4 is 10.2 Å². The van der Waals surface area contributed by atoms with Gasteiger partial charge in [0, 0.05) is 23.3 Å². The Bertz CT molecular complexity index is 829. The molecule has 5 heteroatoms. The van der Waals surface area contributed by atoms with Crippen LogP contribution in [0.5, 0.6) is 0 Å². The summed E-state index contributed by atoms with van der Waals surface area (Å²) in [7, 11) is 0. The van der Waals surface area contributed by atoms with Crippen molar-refractivity contribution in [1.29, 1.82) is 0 Å². The first kappa shape index (κ1) is 16.2. The molecule has 0 saturated heterocycles. The van der Waals surface area contributed by atoms with Gasteiger partial charge in [-0.05, 0) is 37.6 Å². The summed E-state index contributed by atoms with van der Waals surface area (Å²) in [4.78, 5) is 19.1. The summed E-state index contributed by atoms with van der Waals surface area (Å²) in [5.74, 6) is -0.184. The van der Waals surface area contributed by atoms with Crippen LogP contribution >= 0.6 is 11.3 Å². The Morgan fingerprint density at radius 1 is 1.12 bits per heavy atom. The summed E-state index contributed by atoms with van der Waals surface area (Å²) in [6.45, 7) is 4.83. The molecular formula is C19H19N3OS. The van der Waals surface area contributed by atoms with Crippen LogP contribution in [0.15, 0.2) is 60.0 Å². The highest BCUT2D eigenvalue weighted by Crippen LogP contribution is 2.28. The van der Waals surface area contributed by atoms with E-state index in [4.69, 9.17) is 0 Å². The summed E-state index contributed by atoms with van der Waals surface area (Å²) in [5, 5.41) is 5.54. The molecule has 0 spiro atoms. The molecular weight excluding hydrogens is 318 g/mol. The second-order valence-corrected chi connectivity index (χ2v) is 6.20. The first-order valence-electron chi connectivity index (χ1n) is 7.84. The smallest absolute Gasteiger partial charge is 0.275 e. The van der Waals surface area contributed by atoms with Gasteiger partial charge in [0.25, 0.3) is 5.91 Å². The molecule has 3 aromatic rings. The molecule has 0 aliphatic carbocycles. The molecule has 1 aromatic heterocycles. The maximum atomic E-state index is 12.4. The number of hydrogen-bond acceptors (Lipinski definition) is 4. The molecule has 0 aliphatic heterocycles. The molecule has 0 aliphatic rings. The predicted molar refractivity (Wildman–Crippen MR) is 100 cm³/mol. The Morgan fingerprint density at radius 3 is 2.54 bits per heavy atom. The first-order valence-corrected chi connectivity index (χ1v) is 8.72. The summed E-state index contributed by atoms with van der Waals surface area (Å²) in [5.41, 5.74) is 3.35. The van der Waals surface area contributed by atoms with Crippen LogP contribution in [0.4, 0.5) is 16.5 Å². The molecule has 0 atom stereocenters. The van der Waals surface area contributed by atoms with E-state index in [1.165, 1.54) is 11.3 Å². The predicted octanol–water partition coefficient (Wildman–Crippen LogP) is 4.86. The minimum absolute atomic E-state index is 0.184. The SMILES string of the molecule is CCN(c1ccccc1)c1nc(C(=O)Nc2ccccc2C)cs1. The van der Waals surface area contributed by atoms with Gasteiger partial charge in [0.2, 0.25) is 0 Å². The van der Waals surface area contributed by atoms with E-state index in [0.717, 1.165) is 28.6 Å². The molecule has 0 unspecified atom stereocenters. The molecule has 2 aromatic carbocycles. The van der Waals surface area contributed by atoms with E-state index in [1.807, 2.05) is 61.5 Å². The van der Waals surface area contributed by atoms with E-state index in [-0.39, 0.29) is 5.91 Å². The number of nitrogens with one attached hydrogen (secondary N) is 1. The van der Waals surface area contributed by atoms with Gasteiger partial charge in [0.05, 0.1) is 0 Å². The number of amides is 1. The molecule has 0 saturated carbocycles.